The smallest absolute Gasteiger partial charge is 0.122 e. The zero-order valence-electron chi connectivity index (χ0n) is 10.3. The number of aliphatic hydroxyl groups is 1. The lowest BCUT2D eigenvalue weighted by molar-refractivity contribution is 0.0721. The predicted octanol–water partition coefficient (Wildman–Crippen LogP) is 2.63. The average Bonchev–Trinajstić information content (AvgIpc) is 2.39. The van der Waals surface area contributed by atoms with Gasteiger partial charge in [0.2, 0.25) is 0 Å². The first kappa shape index (κ1) is 12.0. The number of methoxy groups -OCH3 is 2. The molecule has 0 aliphatic heterocycles. The van der Waals surface area contributed by atoms with Gasteiger partial charge in [-0.05, 0) is 37.0 Å². The van der Waals surface area contributed by atoms with E-state index in [1.807, 2.05) is 24.3 Å². The lowest BCUT2D eigenvalue weighted by Crippen LogP contribution is -2.24. The quantitative estimate of drug-likeness (QED) is 0.817. The van der Waals surface area contributed by atoms with E-state index in [0.29, 0.717) is 11.5 Å². The fourth-order valence-corrected chi connectivity index (χ4v) is 2.15. The first-order valence-electron chi connectivity index (χ1n) is 5.81. The van der Waals surface area contributed by atoms with Gasteiger partial charge < -0.3 is 14.6 Å². The Labute approximate surface area is 102 Å². The summed E-state index contributed by atoms with van der Waals surface area (Å²) in [5, 5.41) is 10.6. The van der Waals surface area contributed by atoms with Crippen molar-refractivity contribution in [1.29, 1.82) is 0 Å². The molecule has 0 aromatic heterocycles. The predicted molar refractivity (Wildman–Crippen MR) is 66.4 cm³/mol. The van der Waals surface area contributed by atoms with E-state index < -0.39 is 5.60 Å². The summed E-state index contributed by atoms with van der Waals surface area (Å²) in [4.78, 5) is 0. The highest BCUT2D eigenvalue weighted by Gasteiger charge is 2.28. The summed E-state index contributed by atoms with van der Waals surface area (Å²) in [6, 6.07) is 5.52. The van der Waals surface area contributed by atoms with E-state index in [1.165, 1.54) is 0 Å². The van der Waals surface area contributed by atoms with Crippen LogP contribution in [0, 0.1) is 0 Å². The van der Waals surface area contributed by atoms with Crippen molar-refractivity contribution in [2.75, 3.05) is 14.2 Å². The van der Waals surface area contributed by atoms with Crippen LogP contribution in [0.25, 0.3) is 0 Å². The summed E-state index contributed by atoms with van der Waals surface area (Å²) in [6.07, 6.45) is 6.65. The molecule has 1 N–H and O–H groups in total. The molecule has 0 spiro atoms. The molecule has 0 fully saturated rings. The van der Waals surface area contributed by atoms with Crippen LogP contribution in [0.5, 0.6) is 11.5 Å². The molecule has 1 aromatic rings. The number of hydrogen-bond donors (Lipinski definition) is 1. The molecule has 3 heteroatoms. The molecule has 3 nitrogen and oxygen atoms in total. The van der Waals surface area contributed by atoms with E-state index in [4.69, 9.17) is 9.47 Å². The Hall–Kier alpha value is -1.48. The zero-order chi connectivity index (χ0) is 12.3. The van der Waals surface area contributed by atoms with E-state index in [1.54, 1.807) is 20.3 Å². The summed E-state index contributed by atoms with van der Waals surface area (Å²) >= 11 is 0. The highest BCUT2D eigenvalue weighted by Crippen LogP contribution is 2.36. The second-order valence-electron chi connectivity index (χ2n) is 4.32. The maximum atomic E-state index is 10.6. The largest absolute Gasteiger partial charge is 0.497 e. The Morgan fingerprint density at radius 2 is 1.76 bits per heavy atom. The summed E-state index contributed by atoms with van der Waals surface area (Å²) in [5.41, 5.74) is -0.0651. The van der Waals surface area contributed by atoms with E-state index in [9.17, 15) is 5.11 Å². The van der Waals surface area contributed by atoms with Crippen molar-refractivity contribution in [3.05, 3.63) is 35.9 Å². The summed E-state index contributed by atoms with van der Waals surface area (Å²) in [6.45, 7) is 0. The van der Waals surface area contributed by atoms with Crippen LogP contribution in [0.2, 0.25) is 0 Å². The van der Waals surface area contributed by atoms with Crippen molar-refractivity contribution >= 4 is 0 Å². The number of ether oxygens (including phenoxy) is 2. The van der Waals surface area contributed by atoms with Gasteiger partial charge in [0, 0.05) is 6.07 Å². The molecule has 1 atom stereocenters. The Balaban J connectivity index is 2.43. The second kappa shape index (κ2) is 4.80. The first-order chi connectivity index (χ1) is 8.18. The molecule has 92 valence electrons. The third-order valence-corrected chi connectivity index (χ3v) is 3.17. The standard InChI is InChI=1S/C14H18O3/c1-16-12-8-11(9-13(10-12)17-2)14(15)6-4-3-5-7-14/h4,6,8-10,15H,3,5,7H2,1-2H3. The fourth-order valence-electron chi connectivity index (χ4n) is 2.15. The molecule has 0 saturated carbocycles. The molecule has 0 heterocycles. The number of benzene rings is 1. The molecule has 0 saturated heterocycles. The van der Waals surface area contributed by atoms with Gasteiger partial charge in [-0.1, -0.05) is 12.2 Å². The number of rotatable bonds is 3. The maximum absolute atomic E-state index is 10.6. The van der Waals surface area contributed by atoms with Crippen LogP contribution in [-0.2, 0) is 5.60 Å². The Morgan fingerprint density at radius 1 is 1.12 bits per heavy atom. The molecule has 2 rings (SSSR count). The molecule has 0 radical (unpaired) electrons. The van der Waals surface area contributed by atoms with Gasteiger partial charge in [-0.25, -0.2) is 0 Å². The van der Waals surface area contributed by atoms with E-state index in [-0.39, 0.29) is 0 Å². The molecule has 0 amide bonds. The minimum atomic E-state index is -0.889. The van der Waals surface area contributed by atoms with Crippen molar-refractivity contribution in [2.24, 2.45) is 0 Å². The molecule has 1 unspecified atom stereocenters. The Bertz CT molecular complexity index is 403. The van der Waals surface area contributed by atoms with E-state index >= 15 is 0 Å². The van der Waals surface area contributed by atoms with Gasteiger partial charge in [0.25, 0.3) is 0 Å². The minimum Gasteiger partial charge on any atom is -0.497 e. The highest BCUT2D eigenvalue weighted by atomic mass is 16.5. The van der Waals surface area contributed by atoms with Gasteiger partial charge in [-0.3, -0.25) is 0 Å². The monoisotopic (exact) mass is 234 g/mol. The summed E-state index contributed by atoms with van der Waals surface area (Å²) < 4.78 is 10.4. The third-order valence-electron chi connectivity index (χ3n) is 3.17. The topological polar surface area (TPSA) is 38.7 Å². The summed E-state index contributed by atoms with van der Waals surface area (Å²) in [5.74, 6) is 1.40. The van der Waals surface area contributed by atoms with Gasteiger partial charge in [0.15, 0.2) is 0 Å². The van der Waals surface area contributed by atoms with Crippen molar-refractivity contribution in [3.8, 4) is 11.5 Å². The lowest BCUT2D eigenvalue weighted by Gasteiger charge is -2.28. The van der Waals surface area contributed by atoms with E-state index in [0.717, 1.165) is 24.8 Å². The fraction of sp³-hybridized carbons (Fsp3) is 0.429. The van der Waals surface area contributed by atoms with Crippen molar-refractivity contribution in [1.82, 2.24) is 0 Å². The zero-order valence-corrected chi connectivity index (χ0v) is 10.3. The van der Waals surface area contributed by atoms with Crippen LogP contribution in [0.1, 0.15) is 24.8 Å². The molecule has 1 aromatic carbocycles. The van der Waals surface area contributed by atoms with Crippen LogP contribution in [0.3, 0.4) is 0 Å². The van der Waals surface area contributed by atoms with Crippen molar-refractivity contribution < 1.29 is 14.6 Å². The molecule has 1 aliphatic carbocycles. The Morgan fingerprint density at radius 3 is 2.24 bits per heavy atom. The molecule has 0 bridgehead atoms. The molecular formula is C14H18O3. The average molecular weight is 234 g/mol. The van der Waals surface area contributed by atoms with Gasteiger partial charge in [0.1, 0.15) is 17.1 Å². The second-order valence-corrected chi connectivity index (χ2v) is 4.32. The van der Waals surface area contributed by atoms with Crippen LogP contribution < -0.4 is 9.47 Å². The molecule has 1 aliphatic rings. The molecular weight excluding hydrogens is 216 g/mol. The van der Waals surface area contributed by atoms with Crippen molar-refractivity contribution in [3.63, 3.8) is 0 Å². The minimum absolute atomic E-state index is 0.701. The number of allylic oxidation sites excluding steroid dienone is 1. The van der Waals surface area contributed by atoms with E-state index in [2.05, 4.69) is 0 Å². The van der Waals surface area contributed by atoms with Crippen LogP contribution in [0.4, 0.5) is 0 Å². The SMILES string of the molecule is COc1cc(OC)cc(C2(O)C=CCCC2)c1. The third kappa shape index (κ3) is 2.44. The Kier molecular flexibility index (Phi) is 3.38. The first-order valence-corrected chi connectivity index (χ1v) is 5.81. The lowest BCUT2D eigenvalue weighted by atomic mass is 9.84. The van der Waals surface area contributed by atoms with Gasteiger partial charge in [0.05, 0.1) is 14.2 Å². The van der Waals surface area contributed by atoms with Crippen LogP contribution in [0.15, 0.2) is 30.4 Å². The normalized spacial score (nSPS) is 23.5. The molecule has 17 heavy (non-hydrogen) atoms. The van der Waals surface area contributed by atoms with Gasteiger partial charge in [-0.2, -0.15) is 0 Å². The van der Waals surface area contributed by atoms with Gasteiger partial charge >= 0.3 is 0 Å². The highest BCUT2D eigenvalue weighted by molar-refractivity contribution is 5.42. The van der Waals surface area contributed by atoms with Crippen LogP contribution in [-0.4, -0.2) is 19.3 Å². The van der Waals surface area contributed by atoms with Crippen molar-refractivity contribution in [2.45, 2.75) is 24.9 Å². The maximum Gasteiger partial charge on any atom is 0.122 e. The van der Waals surface area contributed by atoms with Crippen LogP contribution >= 0.6 is 0 Å². The van der Waals surface area contributed by atoms with Gasteiger partial charge in [-0.15, -0.1) is 0 Å². The number of hydrogen-bond acceptors (Lipinski definition) is 3. The summed E-state index contributed by atoms with van der Waals surface area (Å²) in [7, 11) is 3.22.